The Morgan fingerprint density at radius 1 is 1.58 bits per heavy atom. The number of carbonyl (C=O) groups is 2. The number of ketones is 1. The van der Waals surface area contributed by atoms with Crippen molar-refractivity contribution in [1.29, 1.82) is 0 Å². The van der Waals surface area contributed by atoms with Crippen LogP contribution in [0.15, 0.2) is 0 Å². The van der Waals surface area contributed by atoms with Gasteiger partial charge in [-0.2, -0.15) is 0 Å². The first-order chi connectivity index (χ1) is 5.61. The fourth-order valence-electron chi connectivity index (χ4n) is 2.41. The molecule has 66 valence electrons. The molecule has 0 aromatic carbocycles. The van der Waals surface area contributed by atoms with Crippen LogP contribution in [-0.2, 0) is 9.59 Å². The Kier molecular flexibility index (Phi) is 1.65. The molecule has 0 amide bonds. The van der Waals surface area contributed by atoms with E-state index in [2.05, 4.69) is 0 Å². The first-order valence-corrected chi connectivity index (χ1v) is 4.44. The molecule has 0 aromatic rings. The summed E-state index contributed by atoms with van der Waals surface area (Å²) in [5.41, 5.74) is 0. The molecular weight excluding hydrogens is 180 g/mol. The molecule has 2 fully saturated rings. The van der Waals surface area contributed by atoms with Crippen LogP contribution in [0.2, 0.25) is 0 Å². The number of fused-ring (bicyclic) bond motifs is 2. The van der Waals surface area contributed by atoms with E-state index < -0.39 is 11.9 Å². The lowest BCUT2D eigenvalue weighted by Gasteiger charge is -2.12. The number of hydrogen-bond donors (Lipinski definition) is 1. The highest BCUT2D eigenvalue weighted by molar-refractivity contribution is 6.22. The van der Waals surface area contributed by atoms with Gasteiger partial charge in [0.25, 0.3) is 0 Å². The van der Waals surface area contributed by atoms with Gasteiger partial charge in [0.2, 0.25) is 0 Å². The van der Waals surface area contributed by atoms with E-state index in [4.69, 9.17) is 16.7 Å². The highest BCUT2D eigenvalue weighted by Gasteiger charge is 2.55. The summed E-state index contributed by atoms with van der Waals surface area (Å²) >= 11 is 5.90. The average Bonchev–Trinajstić information content (AvgIpc) is 2.41. The summed E-state index contributed by atoms with van der Waals surface area (Å²) in [5.74, 6) is -1.68. The third kappa shape index (κ3) is 0.891. The SMILES string of the molecule is O=C(O)[C@H]1[C@H]2CC(=O)[C@H]1C[C@H]2Cl. The van der Waals surface area contributed by atoms with E-state index in [0.717, 1.165) is 0 Å². The van der Waals surface area contributed by atoms with E-state index in [-0.39, 0.29) is 23.0 Å². The van der Waals surface area contributed by atoms with Crippen LogP contribution in [0.3, 0.4) is 0 Å². The molecule has 2 aliphatic rings. The molecule has 2 rings (SSSR count). The Labute approximate surface area is 74.7 Å². The molecular formula is C8H9ClO3. The van der Waals surface area contributed by atoms with Crippen LogP contribution in [0.1, 0.15) is 12.8 Å². The molecule has 2 bridgehead atoms. The molecule has 0 aromatic heterocycles. The number of hydrogen-bond acceptors (Lipinski definition) is 2. The quantitative estimate of drug-likeness (QED) is 0.623. The topological polar surface area (TPSA) is 54.4 Å². The van der Waals surface area contributed by atoms with E-state index in [1.54, 1.807) is 0 Å². The van der Waals surface area contributed by atoms with Gasteiger partial charge in [0.15, 0.2) is 0 Å². The second kappa shape index (κ2) is 2.46. The van der Waals surface area contributed by atoms with Crippen molar-refractivity contribution in [3.63, 3.8) is 0 Å². The molecule has 2 saturated carbocycles. The Morgan fingerprint density at radius 3 is 2.58 bits per heavy atom. The minimum Gasteiger partial charge on any atom is -0.481 e. The number of carboxylic acids is 1. The summed E-state index contributed by atoms with van der Waals surface area (Å²) in [4.78, 5) is 21.9. The molecule has 0 saturated heterocycles. The predicted octanol–water partition coefficient (Wildman–Crippen LogP) is 0.904. The summed E-state index contributed by atoms with van der Waals surface area (Å²) in [7, 11) is 0. The van der Waals surface area contributed by atoms with Crippen molar-refractivity contribution in [1.82, 2.24) is 0 Å². The second-order valence-corrected chi connectivity index (χ2v) is 4.12. The molecule has 0 heterocycles. The summed E-state index contributed by atoms with van der Waals surface area (Å²) in [6.45, 7) is 0. The number of halogens is 1. The summed E-state index contributed by atoms with van der Waals surface area (Å²) in [6, 6.07) is 0. The Hall–Kier alpha value is -0.570. The van der Waals surface area contributed by atoms with Gasteiger partial charge in [-0.25, -0.2) is 0 Å². The molecule has 1 N–H and O–H groups in total. The van der Waals surface area contributed by atoms with Crippen LogP contribution in [-0.4, -0.2) is 22.2 Å². The van der Waals surface area contributed by atoms with Gasteiger partial charge in [-0.1, -0.05) is 0 Å². The minimum atomic E-state index is -0.862. The lowest BCUT2D eigenvalue weighted by molar-refractivity contribution is -0.144. The van der Waals surface area contributed by atoms with Crippen molar-refractivity contribution >= 4 is 23.4 Å². The molecule has 4 heteroatoms. The fourth-order valence-corrected chi connectivity index (χ4v) is 2.85. The van der Waals surface area contributed by atoms with Crippen molar-refractivity contribution in [2.75, 3.05) is 0 Å². The number of Topliss-reactive ketones (excluding diaryl/α,β-unsaturated/α-hetero) is 1. The highest BCUT2D eigenvalue weighted by Crippen LogP contribution is 2.49. The Balaban J connectivity index is 2.28. The largest absolute Gasteiger partial charge is 0.481 e. The Bertz CT molecular complexity index is 251. The number of carbonyl (C=O) groups excluding carboxylic acids is 1. The molecule has 0 unspecified atom stereocenters. The van der Waals surface area contributed by atoms with Crippen molar-refractivity contribution in [3.05, 3.63) is 0 Å². The van der Waals surface area contributed by atoms with Crippen LogP contribution in [0.5, 0.6) is 0 Å². The van der Waals surface area contributed by atoms with Crippen molar-refractivity contribution in [2.45, 2.75) is 18.2 Å². The zero-order valence-electron chi connectivity index (χ0n) is 6.37. The van der Waals surface area contributed by atoms with Gasteiger partial charge in [-0.05, 0) is 12.3 Å². The van der Waals surface area contributed by atoms with Gasteiger partial charge in [0.05, 0.1) is 5.92 Å². The lowest BCUT2D eigenvalue weighted by Crippen LogP contribution is -2.20. The Morgan fingerprint density at radius 2 is 2.25 bits per heavy atom. The number of aliphatic carboxylic acids is 1. The smallest absolute Gasteiger partial charge is 0.307 e. The standard InChI is InChI=1S/C8H9ClO3/c9-5-1-4-6(10)2-3(5)7(4)8(11)12/h3-5,7H,1-2H2,(H,11,12)/t3-,4+,5+,7-/m0/s1. The number of alkyl halides is 1. The third-order valence-corrected chi connectivity index (χ3v) is 3.48. The first-order valence-electron chi connectivity index (χ1n) is 4.01. The zero-order chi connectivity index (χ0) is 8.88. The average molecular weight is 189 g/mol. The molecule has 0 spiro atoms. The van der Waals surface area contributed by atoms with Gasteiger partial charge in [-0.15, -0.1) is 11.6 Å². The van der Waals surface area contributed by atoms with Crippen LogP contribution >= 0.6 is 11.6 Å². The van der Waals surface area contributed by atoms with Crippen LogP contribution in [0, 0.1) is 17.8 Å². The molecule has 3 nitrogen and oxygen atoms in total. The predicted molar refractivity (Wildman–Crippen MR) is 42.0 cm³/mol. The lowest BCUT2D eigenvalue weighted by atomic mass is 9.98. The van der Waals surface area contributed by atoms with E-state index >= 15 is 0 Å². The second-order valence-electron chi connectivity index (χ2n) is 3.56. The van der Waals surface area contributed by atoms with E-state index in [9.17, 15) is 9.59 Å². The van der Waals surface area contributed by atoms with Gasteiger partial charge >= 0.3 is 5.97 Å². The van der Waals surface area contributed by atoms with Crippen LogP contribution in [0.4, 0.5) is 0 Å². The molecule has 2 aliphatic carbocycles. The van der Waals surface area contributed by atoms with Crippen LogP contribution < -0.4 is 0 Å². The highest BCUT2D eigenvalue weighted by atomic mass is 35.5. The molecule has 12 heavy (non-hydrogen) atoms. The first kappa shape index (κ1) is 8.05. The van der Waals surface area contributed by atoms with Crippen molar-refractivity contribution in [2.24, 2.45) is 17.8 Å². The summed E-state index contributed by atoms with van der Waals surface area (Å²) in [5, 5.41) is 8.72. The fraction of sp³-hybridized carbons (Fsp3) is 0.750. The van der Waals surface area contributed by atoms with Gasteiger partial charge in [0, 0.05) is 17.7 Å². The third-order valence-electron chi connectivity index (χ3n) is 2.97. The van der Waals surface area contributed by atoms with Gasteiger partial charge < -0.3 is 5.11 Å². The van der Waals surface area contributed by atoms with Gasteiger partial charge in [0.1, 0.15) is 5.78 Å². The maximum atomic E-state index is 11.2. The van der Waals surface area contributed by atoms with E-state index in [1.807, 2.05) is 0 Å². The maximum absolute atomic E-state index is 11.2. The van der Waals surface area contributed by atoms with Crippen molar-refractivity contribution < 1.29 is 14.7 Å². The molecule has 0 aliphatic heterocycles. The van der Waals surface area contributed by atoms with E-state index in [1.165, 1.54) is 0 Å². The minimum absolute atomic E-state index is 0.0873. The van der Waals surface area contributed by atoms with Crippen molar-refractivity contribution in [3.8, 4) is 0 Å². The monoisotopic (exact) mass is 188 g/mol. The number of carboxylic acid groups (broad SMARTS) is 1. The maximum Gasteiger partial charge on any atom is 0.307 e. The molecule has 0 radical (unpaired) electrons. The van der Waals surface area contributed by atoms with Gasteiger partial charge in [-0.3, -0.25) is 9.59 Å². The molecule has 4 atom stereocenters. The number of rotatable bonds is 1. The summed E-state index contributed by atoms with van der Waals surface area (Å²) < 4.78 is 0. The normalized spacial score (nSPS) is 45.2. The summed E-state index contributed by atoms with van der Waals surface area (Å²) in [6.07, 6.45) is 0.928. The van der Waals surface area contributed by atoms with Crippen LogP contribution in [0.25, 0.3) is 0 Å². The van der Waals surface area contributed by atoms with E-state index in [0.29, 0.717) is 12.8 Å². The zero-order valence-corrected chi connectivity index (χ0v) is 7.12.